The van der Waals surface area contributed by atoms with Gasteiger partial charge >= 0.3 is 0 Å². The second kappa shape index (κ2) is 5.47. The Morgan fingerprint density at radius 3 is 2.12 bits per heavy atom. The van der Waals surface area contributed by atoms with Crippen molar-refractivity contribution in [3.8, 4) is 0 Å². The van der Waals surface area contributed by atoms with Gasteiger partial charge in [-0.3, -0.25) is 0 Å². The summed E-state index contributed by atoms with van der Waals surface area (Å²) in [4.78, 5) is 0. The van der Waals surface area contributed by atoms with Gasteiger partial charge in [0.05, 0.1) is 0 Å². The quantitative estimate of drug-likeness (QED) is 0.655. The first-order valence-electron chi connectivity index (χ1n) is 6.46. The lowest BCUT2D eigenvalue weighted by Crippen LogP contribution is -2.03. The van der Waals surface area contributed by atoms with E-state index >= 15 is 0 Å². The lowest BCUT2D eigenvalue weighted by molar-refractivity contribution is 0.595. The molecule has 0 unspecified atom stereocenters. The maximum atomic E-state index is 14.0. The fraction of sp³-hybridized carbons (Fsp3) is 0.600. The Kier molecular flexibility index (Phi) is 4.52. The molecule has 2 rings (SSSR count). The molecule has 1 aliphatic carbocycles. The maximum Gasteiger partial charge on any atom is 0.130 e. The number of hydrogen-bond acceptors (Lipinski definition) is 0. The van der Waals surface area contributed by atoms with E-state index in [-0.39, 0.29) is 5.82 Å². The minimum Gasteiger partial charge on any atom is -0.206 e. The predicted octanol–water partition coefficient (Wildman–Crippen LogP) is 4.52. The van der Waals surface area contributed by atoms with Crippen LogP contribution in [0.5, 0.6) is 0 Å². The normalized spacial score (nSPS) is 13.1. The van der Waals surface area contributed by atoms with Crippen LogP contribution in [-0.2, 0) is 19.3 Å². The molecule has 1 heteroatoms. The van der Waals surface area contributed by atoms with Crippen LogP contribution in [0.15, 0.2) is 0 Å². The Morgan fingerprint density at radius 2 is 1.56 bits per heavy atom. The van der Waals surface area contributed by atoms with E-state index in [1.54, 1.807) is 0 Å². The molecule has 0 N–H and O–H groups in total. The zero-order valence-corrected chi connectivity index (χ0v) is 11.2. The first-order valence-corrected chi connectivity index (χ1v) is 6.46. The van der Waals surface area contributed by atoms with Crippen LogP contribution in [0.3, 0.4) is 0 Å². The minimum atomic E-state index is 0.0862. The fourth-order valence-electron chi connectivity index (χ4n) is 2.62. The predicted molar refractivity (Wildman–Crippen MR) is 68.6 cm³/mol. The first kappa shape index (κ1) is 13.2. The van der Waals surface area contributed by atoms with E-state index < -0.39 is 0 Å². The molecule has 0 nitrogen and oxygen atoms in total. The molecule has 90 valence electrons. The highest BCUT2D eigenvalue weighted by Gasteiger charge is 2.22. The van der Waals surface area contributed by atoms with Crippen LogP contribution in [0, 0.1) is 19.7 Å². The van der Waals surface area contributed by atoms with Gasteiger partial charge in [0.2, 0.25) is 0 Å². The summed E-state index contributed by atoms with van der Waals surface area (Å²) in [5.41, 5.74) is 5.73. The van der Waals surface area contributed by atoms with Crippen molar-refractivity contribution in [3.63, 3.8) is 0 Å². The third-order valence-electron chi connectivity index (χ3n) is 3.57. The molecule has 1 aromatic carbocycles. The molecule has 0 amide bonds. The average molecular weight is 222 g/mol. The standard InChI is InChI=1S/C13H17F.C2H6/c1-4-10-8(2)9(3)11-6-5-7-12(11)13(10)14;1-2/h4-7H2,1-3H3;1-2H3. The van der Waals surface area contributed by atoms with Gasteiger partial charge in [-0.25, -0.2) is 4.39 Å². The van der Waals surface area contributed by atoms with Crippen LogP contribution in [0.2, 0.25) is 0 Å². The molecule has 0 atom stereocenters. The van der Waals surface area contributed by atoms with Crippen LogP contribution >= 0.6 is 0 Å². The van der Waals surface area contributed by atoms with Gasteiger partial charge in [0, 0.05) is 0 Å². The average Bonchev–Trinajstić information content (AvgIpc) is 2.79. The molecule has 0 saturated heterocycles. The smallest absolute Gasteiger partial charge is 0.130 e. The van der Waals surface area contributed by atoms with Gasteiger partial charge in [0.15, 0.2) is 0 Å². The van der Waals surface area contributed by atoms with Crippen LogP contribution in [-0.4, -0.2) is 0 Å². The van der Waals surface area contributed by atoms with E-state index in [2.05, 4.69) is 13.8 Å². The molecule has 0 saturated carbocycles. The largest absolute Gasteiger partial charge is 0.206 e. The molecule has 1 aliphatic rings. The van der Waals surface area contributed by atoms with Gasteiger partial charge in [-0.1, -0.05) is 20.8 Å². The zero-order valence-electron chi connectivity index (χ0n) is 11.2. The van der Waals surface area contributed by atoms with Crippen LogP contribution < -0.4 is 0 Å². The van der Waals surface area contributed by atoms with Crippen molar-refractivity contribution in [2.75, 3.05) is 0 Å². The second-order valence-electron chi connectivity index (χ2n) is 4.21. The zero-order chi connectivity index (χ0) is 12.3. The third-order valence-corrected chi connectivity index (χ3v) is 3.57. The van der Waals surface area contributed by atoms with Crippen LogP contribution in [0.1, 0.15) is 55.0 Å². The van der Waals surface area contributed by atoms with Gasteiger partial charge in [-0.2, -0.15) is 0 Å². The van der Waals surface area contributed by atoms with Crippen molar-refractivity contribution in [1.29, 1.82) is 0 Å². The summed E-state index contributed by atoms with van der Waals surface area (Å²) in [5, 5.41) is 0. The van der Waals surface area contributed by atoms with Crippen molar-refractivity contribution in [1.82, 2.24) is 0 Å². The van der Waals surface area contributed by atoms with Crippen LogP contribution in [0.25, 0.3) is 0 Å². The molecule has 0 aliphatic heterocycles. The Morgan fingerprint density at radius 1 is 1.00 bits per heavy atom. The number of fused-ring (bicyclic) bond motifs is 1. The van der Waals surface area contributed by atoms with E-state index in [0.717, 1.165) is 36.8 Å². The van der Waals surface area contributed by atoms with E-state index in [1.807, 2.05) is 20.8 Å². The third kappa shape index (κ3) is 2.00. The molecule has 16 heavy (non-hydrogen) atoms. The summed E-state index contributed by atoms with van der Waals surface area (Å²) in [6.07, 6.45) is 3.95. The summed E-state index contributed by atoms with van der Waals surface area (Å²) < 4.78 is 14.0. The van der Waals surface area contributed by atoms with Crippen LogP contribution in [0.4, 0.5) is 4.39 Å². The Labute approximate surface area is 98.9 Å². The Hall–Kier alpha value is -0.850. The SMILES string of the molecule is CC.CCc1c(C)c(C)c2c(c1F)CCC2. The lowest BCUT2D eigenvalue weighted by atomic mass is 9.93. The lowest BCUT2D eigenvalue weighted by Gasteiger charge is -2.14. The highest BCUT2D eigenvalue weighted by Crippen LogP contribution is 2.32. The maximum absolute atomic E-state index is 14.0. The van der Waals surface area contributed by atoms with Crippen molar-refractivity contribution in [2.24, 2.45) is 0 Å². The van der Waals surface area contributed by atoms with E-state index in [4.69, 9.17) is 0 Å². The molecule has 0 heterocycles. The monoisotopic (exact) mass is 222 g/mol. The van der Waals surface area contributed by atoms with Gasteiger partial charge in [-0.05, 0) is 67.3 Å². The van der Waals surface area contributed by atoms with Crippen molar-refractivity contribution < 1.29 is 4.39 Å². The number of benzene rings is 1. The Bertz CT molecular complexity index is 371. The van der Waals surface area contributed by atoms with Gasteiger partial charge < -0.3 is 0 Å². The number of rotatable bonds is 1. The van der Waals surface area contributed by atoms with Crippen molar-refractivity contribution in [2.45, 2.75) is 60.3 Å². The highest BCUT2D eigenvalue weighted by molar-refractivity contribution is 5.48. The topological polar surface area (TPSA) is 0 Å². The van der Waals surface area contributed by atoms with Crippen molar-refractivity contribution in [3.05, 3.63) is 33.6 Å². The molecule has 0 aromatic heterocycles. The van der Waals surface area contributed by atoms with E-state index in [1.165, 1.54) is 16.7 Å². The molecule has 0 radical (unpaired) electrons. The van der Waals surface area contributed by atoms with Gasteiger partial charge in [0.1, 0.15) is 5.82 Å². The molecule has 1 aromatic rings. The van der Waals surface area contributed by atoms with E-state index in [0.29, 0.717) is 0 Å². The summed E-state index contributed by atoms with van der Waals surface area (Å²) >= 11 is 0. The van der Waals surface area contributed by atoms with E-state index in [9.17, 15) is 4.39 Å². The minimum absolute atomic E-state index is 0.0862. The van der Waals surface area contributed by atoms with Gasteiger partial charge in [-0.15, -0.1) is 0 Å². The number of halogens is 1. The molecule has 0 fully saturated rings. The summed E-state index contributed by atoms with van der Waals surface area (Å²) in [7, 11) is 0. The van der Waals surface area contributed by atoms with Gasteiger partial charge in [0.25, 0.3) is 0 Å². The molecule has 0 bridgehead atoms. The second-order valence-corrected chi connectivity index (χ2v) is 4.21. The van der Waals surface area contributed by atoms with Crippen molar-refractivity contribution >= 4 is 0 Å². The fourth-order valence-corrected chi connectivity index (χ4v) is 2.62. The Balaban J connectivity index is 0.000000606. The molecule has 0 spiro atoms. The summed E-state index contributed by atoms with van der Waals surface area (Å²) in [5.74, 6) is 0.0862. The summed E-state index contributed by atoms with van der Waals surface area (Å²) in [6.45, 7) is 10.2. The molecular formula is C15H23F. The highest BCUT2D eigenvalue weighted by atomic mass is 19.1. The first-order chi connectivity index (χ1) is 7.66. The molecular weight excluding hydrogens is 199 g/mol. The summed E-state index contributed by atoms with van der Waals surface area (Å²) in [6, 6.07) is 0. The number of hydrogen-bond donors (Lipinski definition) is 0.